The number of aromatic nitrogens is 5. The van der Waals surface area contributed by atoms with Crippen LogP contribution in [-0.2, 0) is 23.4 Å². The van der Waals surface area contributed by atoms with Crippen molar-refractivity contribution in [2.75, 3.05) is 22.1 Å². The van der Waals surface area contributed by atoms with Crippen molar-refractivity contribution in [3.05, 3.63) is 159 Å². The molecule has 4 aliphatic rings. The lowest BCUT2D eigenvalue weighted by molar-refractivity contribution is -0.287. The number of hydrogen-bond acceptors (Lipinski definition) is 15. The number of halogens is 13. The van der Waals surface area contributed by atoms with Crippen LogP contribution in [0.5, 0.6) is 34.5 Å². The van der Waals surface area contributed by atoms with Crippen LogP contribution in [0, 0.1) is 0 Å². The second-order valence-corrected chi connectivity index (χ2v) is 22.3. The van der Waals surface area contributed by atoms with E-state index in [1.807, 2.05) is 33.8 Å². The highest BCUT2D eigenvalue weighted by atomic mass is 79.9. The van der Waals surface area contributed by atoms with E-state index in [4.69, 9.17) is 90.4 Å². The van der Waals surface area contributed by atoms with Crippen LogP contribution in [0.3, 0.4) is 0 Å². The molecule has 1 saturated heterocycles. The van der Waals surface area contributed by atoms with Crippen LogP contribution in [0.4, 0.5) is 43.8 Å². The van der Waals surface area contributed by atoms with Gasteiger partial charge in [-0.05, 0) is 122 Å². The molecule has 0 bridgehead atoms. The second-order valence-electron chi connectivity index (χ2n) is 19.1. The summed E-state index contributed by atoms with van der Waals surface area (Å²) in [6.07, 6.45) is -2.77. The number of aryl methyl sites for hydroxylation is 2. The monoisotopic (exact) mass is 1390 g/mol. The molecule has 12 rings (SSSR count). The summed E-state index contributed by atoms with van der Waals surface area (Å²) < 4.78 is 119. The molecule has 8 aromatic rings. The maximum Gasteiger partial charge on any atom is 0.586 e. The van der Waals surface area contributed by atoms with Crippen LogP contribution in [0.25, 0.3) is 22.3 Å². The van der Waals surface area contributed by atoms with E-state index in [-0.39, 0.29) is 74.1 Å². The van der Waals surface area contributed by atoms with Gasteiger partial charge in [-0.2, -0.15) is 0 Å². The van der Waals surface area contributed by atoms with Crippen LogP contribution >= 0.6 is 85.5 Å². The molecule has 0 radical (unpaired) electrons. The Morgan fingerprint density at radius 1 is 0.575 bits per heavy atom. The highest BCUT2D eigenvalue weighted by Gasteiger charge is 2.52. The van der Waals surface area contributed by atoms with Crippen molar-refractivity contribution in [2.45, 2.75) is 57.8 Å². The van der Waals surface area contributed by atoms with E-state index in [0.717, 1.165) is 5.46 Å². The number of rotatable bonds is 6. The van der Waals surface area contributed by atoms with E-state index >= 15 is 0 Å². The largest absolute Gasteiger partial charge is 0.586 e. The molecular formula is C55H46BBrCl6F6N8O10. The lowest BCUT2D eigenvalue weighted by atomic mass is 9.80. The first-order chi connectivity index (χ1) is 40.7. The molecule has 0 aliphatic carbocycles. The molecule has 4 aliphatic heterocycles. The van der Waals surface area contributed by atoms with Gasteiger partial charge >= 0.3 is 26.0 Å². The normalized spacial score (nSPS) is 15.7. The van der Waals surface area contributed by atoms with E-state index in [9.17, 15) is 35.9 Å². The fourth-order valence-corrected chi connectivity index (χ4v) is 8.80. The Balaban J connectivity index is 0.000000160. The number of hydrogen-bond donors (Lipinski definition) is 3. The molecule has 0 atom stereocenters. The molecule has 0 saturated carbocycles. The quantitative estimate of drug-likeness (QED) is 0.0610. The maximum atomic E-state index is 13.2. The minimum Gasteiger partial charge on any atom is -0.399 e. The van der Waals surface area contributed by atoms with Gasteiger partial charge < -0.3 is 63.6 Å². The first-order valence-corrected chi connectivity index (χ1v) is 28.1. The number of nitrogen functional groups attached to an aromatic ring is 2. The van der Waals surface area contributed by atoms with E-state index in [1.165, 1.54) is 48.8 Å². The summed E-state index contributed by atoms with van der Waals surface area (Å²) in [5.41, 5.74) is 14.5. The zero-order valence-electron chi connectivity index (χ0n) is 45.8. The topological polar surface area (TPSA) is 221 Å². The molecule has 5 aromatic heterocycles. The minimum absolute atomic E-state index is 0.0266. The van der Waals surface area contributed by atoms with Crippen molar-refractivity contribution in [3.63, 3.8) is 0 Å². The van der Waals surface area contributed by atoms with E-state index in [2.05, 4.69) is 64.6 Å². The minimum atomic E-state index is -3.71. The van der Waals surface area contributed by atoms with Crippen molar-refractivity contribution in [1.29, 1.82) is 0 Å². The third-order valence-corrected chi connectivity index (χ3v) is 14.5. The van der Waals surface area contributed by atoms with Gasteiger partial charge in [0.05, 0.1) is 31.6 Å². The zero-order chi connectivity index (χ0) is 64.0. The molecule has 32 heteroatoms. The van der Waals surface area contributed by atoms with Crippen LogP contribution < -0.4 is 50.7 Å². The smallest absolute Gasteiger partial charge is 0.399 e. The number of carbonyl (C=O) groups is 2. The SMILES string of the molecule is CC1(C)OB(c2ccc(N)nc2)OC1(C)C.ClCCl.Cn1cccc1C(=O)Cl.Cn1cccc1C(=O)Nc1ccc(-c2cc3c(cc2Cl)OC(F)(F)O3)cn1.FC1(F)Oc2cc(Cl)c(Br)cc2O1.Nc1ccc(-c2cc3c(cc2Cl)OC(F)(F)O3)cn1. The number of nitrogens with zero attached hydrogens (tertiary/aromatic N) is 5. The van der Waals surface area contributed by atoms with Crippen LogP contribution in [0.1, 0.15) is 48.7 Å². The number of pyridine rings is 3. The number of ether oxygens (including phenoxy) is 6. The molecule has 1 fully saturated rings. The van der Waals surface area contributed by atoms with Crippen molar-refractivity contribution in [2.24, 2.45) is 14.1 Å². The second kappa shape index (κ2) is 27.6. The zero-order valence-corrected chi connectivity index (χ0v) is 51.9. The average Bonchev–Trinajstić information content (AvgIpc) is 2.17. The average molecular weight is 1400 g/mol. The molecule has 87 heavy (non-hydrogen) atoms. The molecule has 5 N–H and O–H groups in total. The molecule has 3 aromatic carbocycles. The molecule has 460 valence electrons. The Morgan fingerprint density at radius 3 is 1.33 bits per heavy atom. The number of benzene rings is 3. The van der Waals surface area contributed by atoms with E-state index in [0.29, 0.717) is 60.6 Å². The molecule has 0 spiro atoms. The van der Waals surface area contributed by atoms with Crippen molar-refractivity contribution >= 4 is 127 Å². The third kappa shape index (κ3) is 17.4. The molecule has 18 nitrogen and oxygen atoms in total. The van der Waals surface area contributed by atoms with Gasteiger partial charge in [-0.1, -0.05) is 40.9 Å². The third-order valence-electron chi connectivity index (χ3n) is 12.5. The van der Waals surface area contributed by atoms with Crippen molar-refractivity contribution < 1.29 is 73.7 Å². The predicted octanol–water partition coefficient (Wildman–Crippen LogP) is 14.8. The van der Waals surface area contributed by atoms with Crippen LogP contribution in [-0.4, -0.2) is 77.8 Å². The van der Waals surface area contributed by atoms with E-state index < -0.39 is 24.1 Å². The lowest BCUT2D eigenvalue weighted by Gasteiger charge is -2.32. The number of nitrogens with one attached hydrogen (secondary N) is 1. The Labute approximate surface area is 530 Å². The van der Waals surface area contributed by atoms with Crippen molar-refractivity contribution in [1.82, 2.24) is 24.1 Å². The first kappa shape index (κ1) is 67.5. The number of nitrogens with two attached hydrogens (primary N) is 2. The molecular weight excluding hydrogens is 1350 g/mol. The maximum absolute atomic E-state index is 13.2. The van der Waals surface area contributed by atoms with Crippen LogP contribution in [0.2, 0.25) is 15.1 Å². The van der Waals surface area contributed by atoms with Gasteiger partial charge in [0.2, 0.25) is 0 Å². The standard InChI is InChI=1S/C18H12ClF2N3O3.C12H7ClF2N2O2.C11H17BN2O2.C7H2BrClF2O2.C6H6ClNO.CH2Cl2/c1-24-6-2-3-13(24)17(25)23-16-5-4-10(9-22-16)11-7-14-15(8-12(11)19)27-18(20,21)26-14;13-8-4-10-9(18-12(14,15)19-10)3-7(8)6-1-2-11(16)17-5-6;1-10(2)11(3,4)16-12(15-10)8-5-6-9(13)14-7-8;8-3-1-5-6(2-4(3)9)13-7(10,11)12-5;1-8-4-2-3-5(8)6(7)9;2-1-3/h2-9H,1H3,(H,22,23,25);1-5H,(H2,16,17);5-7H,1-4H3,(H2,13,14);1-2H;2-4H,1H3;1H2. The number of anilines is 3. The fraction of sp³-hybridized carbons (Fsp3) is 0.218. The summed E-state index contributed by atoms with van der Waals surface area (Å²) in [7, 11) is 3.17. The Kier molecular flexibility index (Phi) is 21.4. The number of fused-ring (bicyclic) bond motifs is 3. The summed E-state index contributed by atoms with van der Waals surface area (Å²) in [6, 6.07) is 24.9. The Morgan fingerprint density at radius 2 is 0.966 bits per heavy atom. The summed E-state index contributed by atoms with van der Waals surface area (Å²) in [6.45, 7) is 8.10. The summed E-state index contributed by atoms with van der Waals surface area (Å²) in [5.74, 6) is 0.406. The van der Waals surface area contributed by atoms with Crippen molar-refractivity contribution in [3.8, 4) is 56.8 Å². The summed E-state index contributed by atoms with van der Waals surface area (Å²) in [5, 5.41) is 3.22. The summed E-state index contributed by atoms with van der Waals surface area (Å²) >= 11 is 35.6. The molecule has 9 heterocycles. The Hall–Kier alpha value is -7.01. The van der Waals surface area contributed by atoms with Gasteiger partial charge in [0, 0.05) is 102 Å². The number of amides is 1. The highest BCUT2D eigenvalue weighted by Crippen LogP contribution is 2.48. The van der Waals surface area contributed by atoms with Gasteiger partial charge in [-0.25, -0.2) is 15.0 Å². The highest BCUT2D eigenvalue weighted by molar-refractivity contribution is 9.10. The lowest BCUT2D eigenvalue weighted by Crippen LogP contribution is -2.41. The fourth-order valence-electron chi connectivity index (χ4n) is 7.60. The molecule has 1 amide bonds. The van der Waals surface area contributed by atoms with Crippen LogP contribution in [0.15, 0.2) is 133 Å². The summed E-state index contributed by atoms with van der Waals surface area (Å²) in [4.78, 5) is 34.8. The number of alkyl halides is 8. The van der Waals surface area contributed by atoms with Gasteiger partial charge in [0.1, 0.15) is 28.8 Å². The van der Waals surface area contributed by atoms with Gasteiger partial charge in [0.25, 0.3) is 11.1 Å². The van der Waals surface area contributed by atoms with Gasteiger partial charge in [-0.15, -0.1) is 49.5 Å². The molecule has 0 unspecified atom stereocenters. The van der Waals surface area contributed by atoms with Gasteiger partial charge in [0.15, 0.2) is 34.5 Å². The Bertz CT molecular complexity index is 3720. The number of carbonyl (C=O) groups excluding carboxylic acids is 2. The van der Waals surface area contributed by atoms with E-state index in [1.54, 1.807) is 96.4 Å². The van der Waals surface area contributed by atoms with Gasteiger partial charge in [-0.3, -0.25) is 9.59 Å². The predicted molar refractivity (Wildman–Crippen MR) is 321 cm³/mol. The first-order valence-electron chi connectivity index (χ1n) is 24.7.